The zero-order valence-electron chi connectivity index (χ0n) is 15.2. The molecular weight excluding hydrogens is 433 g/mol. The molecule has 1 N–H and O–H groups in total. The summed E-state index contributed by atoms with van der Waals surface area (Å²) in [5.41, 5.74) is 1.02. The van der Waals surface area contributed by atoms with Gasteiger partial charge in [-0.05, 0) is 35.9 Å². The molecule has 2 aromatic rings. The summed E-state index contributed by atoms with van der Waals surface area (Å²) in [6.45, 7) is 0.490. The van der Waals surface area contributed by atoms with Gasteiger partial charge in [0.05, 0.1) is 12.1 Å². The number of methoxy groups -OCH3 is 1. The van der Waals surface area contributed by atoms with Crippen LogP contribution in [0.3, 0.4) is 0 Å². The van der Waals surface area contributed by atoms with Gasteiger partial charge in [-0.3, -0.25) is 4.98 Å². The molecule has 1 aliphatic rings. The second-order valence-electron chi connectivity index (χ2n) is 6.05. The average molecular weight is 452 g/mol. The van der Waals surface area contributed by atoms with Gasteiger partial charge in [0.2, 0.25) is 0 Å². The number of pyridine rings is 1. The molecule has 0 aromatic carbocycles. The highest BCUT2D eigenvalue weighted by Crippen LogP contribution is 2.31. The minimum Gasteiger partial charge on any atom is -0.475 e. The Kier molecular flexibility index (Phi) is 7.74. The Balaban J connectivity index is 0.000000370. The monoisotopic (exact) mass is 452 g/mol. The fourth-order valence-electron chi connectivity index (χ4n) is 2.89. The Bertz CT molecular complexity index is 890. The standard InChI is InChI=1S/C15H18N2O3S2.C2HF3O2/c1-20-14-6-8-17(22(18,19)15-5-3-9-21-15)13(14)10-12-4-2-7-16-11-12;3-2(4,5)1(6)7/h2-5,7,9,11,13-14H,6,8,10H2,1H3;(H,6,7)/t13-,14+;/m0./s1. The van der Waals surface area contributed by atoms with Gasteiger partial charge in [0.15, 0.2) is 0 Å². The van der Waals surface area contributed by atoms with Gasteiger partial charge in [-0.15, -0.1) is 11.3 Å². The predicted octanol–water partition coefficient (Wildman–Crippen LogP) is 2.80. The van der Waals surface area contributed by atoms with Crippen LogP contribution >= 0.6 is 11.3 Å². The van der Waals surface area contributed by atoms with Crippen molar-refractivity contribution in [3.05, 3.63) is 47.6 Å². The lowest BCUT2D eigenvalue weighted by Gasteiger charge is -2.26. The van der Waals surface area contributed by atoms with Crippen molar-refractivity contribution in [1.82, 2.24) is 9.29 Å². The number of aromatic nitrogens is 1. The van der Waals surface area contributed by atoms with E-state index in [4.69, 9.17) is 14.6 Å². The molecule has 160 valence electrons. The molecule has 0 bridgehead atoms. The highest BCUT2D eigenvalue weighted by molar-refractivity contribution is 7.91. The van der Waals surface area contributed by atoms with Crippen molar-refractivity contribution >= 4 is 27.3 Å². The van der Waals surface area contributed by atoms with Crippen LogP contribution in [0.2, 0.25) is 0 Å². The maximum Gasteiger partial charge on any atom is 0.490 e. The maximum absolute atomic E-state index is 12.8. The van der Waals surface area contributed by atoms with Crippen molar-refractivity contribution in [2.24, 2.45) is 0 Å². The number of carboxylic acids is 1. The van der Waals surface area contributed by atoms with Crippen molar-refractivity contribution in [2.75, 3.05) is 13.7 Å². The Labute approximate surface area is 169 Å². The number of alkyl halides is 3. The number of ether oxygens (including phenoxy) is 1. The molecule has 12 heteroatoms. The van der Waals surface area contributed by atoms with E-state index in [2.05, 4.69) is 4.98 Å². The minimum atomic E-state index is -5.08. The largest absolute Gasteiger partial charge is 0.490 e. The summed E-state index contributed by atoms with van der Waals surface area (Å²) < 4.78 is 64.9. The molecule has 0 amide bonds. The number of carbonyl (C=O) groups is 1. The molecule has 2 atom stereocenters. The summed E-state index contributed by atoms with van der Waals surface area (Å²) in [6.07, 6.45) is -0.356. The summed E-state index contributed by atoms with van der Waals surface area (Å²) in [6, 6.07) is 7.05. The van der Waals surface area contributed by atoms with E-state index in [1.165, 1.54) is 11.3 Å². The quantitative estimate of drug-likeness (QED) is 0.750. The maximum atomic E-state index is 12.8. The SMILES string of the molecule is CO[C@@H]1CCN(S(=O)(=O)c2cccs2)[C@H]1Cc1cccnc1.O=C(O)C(F)(F)F. The predicted molar refractivity (Wildman–Crippen MR) is 99.0 cm³/mol. The van der Waals surface area contributed by atoms with Crippen LogP contribution in [0.15, 0.2) is 46.2 Å². The van der Waals surface area contributed by atoms with E-state index < -0.39 is 22.2 Å². The molecule has 1 aliphatic heterocycles. The molecule has 7 nitrogen and oxygen atoms in total. The van der Waals surface area contributed by atoms with Gasteiger partial charge in [0.25, 0.3) is 10.0 Å². The second-order valence-corrected chi connectivity index (χ2v) is 9.11. The minimum absolute atomic E-state index is 0.0880. The van der Waals surface area contributed by atoms with Crippen LogP contribution in [-0.2, 0) is 26.0 Å². The first-order valence-electron chi connectivity index (χ1n) is 8.34. The van der Waals surface area contributed by atoms with Crippen LogP contribution in [-0.4, -0.2) is 60.8 Å². The van der Waals surface area contributed by atoms with Gasteiger partial charge in [-0.1, -0.05) is 12.1 Å². The fourth-order valence-corrected chi connectivity index (χ4v) is 5.67. The number of hydrogen-bond acceptors (Lipinski definition) is 6. The van der Waals surface area contributed by atoms with Crippen molar-refractivity contribution in [1.29, 1.82) is 0 Å². The molecule has 0 radical (unpaired) electrons. The smallest absolute Gasteiger partial charge is 0.475 e. The Hall–Kier alpha value is -2.02. The van der Waals surface area contributed by atoms with E-state index in [0.717, 1.165) is 5.56 Å². The molecule has 0 saturated carbocycles. The summed E-state index contributed by atoms with van der Waals surface area (Å²) in [5, 5.41) is 8.91. The lowest BCUT2D eigenvalue weighted by Crippen LogP contribution is -2.41. The number of sulfonamides is 1. The summed E-state index contributed by atoms with van der Waals surface area (Å²) in [4.78, 5) is 13.0. The van der Waals surface area contributed by atoms with Crippen LogP contribution in [0.25, 0.3) is 0 Å². The van der Waals surface area contributed by atoms with Crippen molar-refractivity contribution in [2.45, 2.75) is 35.4 Å². The number of thiophene rings is 1. The highest BCUT2D eigenvalue weighted by atomic mass is 32.2. The van der Waals surface area contributed by atoms with Gasteiger partial charge in [-0.2, -0.15) is 17.5 Å². The molecule has 0 unspecified atom stereocenters. The molecule has 0 spiro atoms. The molecule has 1 saturated heterocycles. The van der Waals surface area contributed by atoms with E-state index >= 15 is 0 Å². The van der Waals surface area contributed by atoms with Crippen molar-refractivity contribution in [3.8, 4) is 0 Å². The molecule has 29 heavy (non-hydrogen) atoms. The average Bonchev–Trinajstić information content (AvgIpc) is 3.33. The van der Waals surface area contributed by atoms with Gasteiger partial charge in [0.1, 0.15) is 4.21 Å². The van der Waals surface area contributed by atoms with Gasteiger partial charge >= 0.3 is 12.1 Å². The normalized spacial score (nSPS) is 20.1. The zero-order valence-corrected chi connectivity index (χ0v) is 16.9. The molecule has 2 aromatic heterocycles. The molecule has 1 fully saturated rings. The van der Waals surface area contributed by atoms with E-state index in [-0.39, 0.29) is 12.1 Å². The van der Waals surface area contributed by atoms with E-state index in [9.17, 15) is 21.6 Å². The summed E-state index contributed by atoms with van der Waals surface area (Å²) in [7, 11) is -1.82. The number of hydrogen-bond donors (Lipinski definition) is 1. The first-order chi connectivity index (χ1) is 13.6. The number of rotatable bonds is 5. The highest BCUT2D eigenvalue weighted by Gasteiger charge is 2.42. The Morgan fingerprint density at radius 2 is 2.07 bits per heavy atom. The van der Waals surface area contributed by atoms with Crippen LogP contribution in [0.5, 0.6) is 0 Å². The summed E-state index contributed by atoms with van der Waals surface area (Å²) >= 11 is 1.25. The zero-order chi connectivity index (χ0) is 21.7. The molecule has 0 aliphatic carbocycles. The van der Waals surface area contributed by atoms with E-state index in [0.29, 0.717) is 23.6 Å². The van der Waals surface area contributed by atoms with Crippen molar-refractivity contribution in [3.63, 3.8) is 0 Å². The lowest BCUT2D eigenvalue weighted by molar-refractivity contribution is -0.192. The van der Waals surface area contributed by atoms with Crippen LogP contribution < -0.4 is 0 Å². The topological polar surface area (TPSA) is 96.8 Å². The van der Waals surface area contributed by atoms with Crippen LogP contribution in [0.4, 0.5) is 13.2 Å². The van der Waals surface area contributed by atoms with Crippen LogP contribution in [0, 0.1) is 0 Å². The van der Waals surface area contributed by atoms with Crippen LogP contribution in [0.1, 0.15) is 12.0 Å². The molecular formula is C17H19F3N2O5S2. The number of aliphatic carboxylic acids is 1. The van der Waals surface area contributed by atoms with Crippen molar-refractivity contribution < 1.29 is 36.2 Å². The van der Waals surface area contributed by atoms with E-state index in [1.54, 1.807) is 41.3 Å². The number of halogens is 3. The van der Waals surface area contributed by atoms with E-state index in [1.807, 2.05) is 12.1 Å². The fraction of sp³-hybridized carbons (Fsp3) is 0.412. The second kappa shape index (κ2) is 9.65. The van der Waals surface area contributed by atoms with Gasteiger partial charge in [0, 0.05) is 26.0 Å². The molecule has 3 heterocycles. The first kappa shape index (κ1) is 23.3. The third-order valence-corrected chi connectivity index (χ3v) is 7.50. The van der Waals surface area contributed by atoms with Gasteiger partial charge < -0.3 is 9.84 Å². The third-order valence-electron chi connectivity index (χ3n) is 4.20. The first-order valence-corrected chi connectivity index (χ1v) is 10.7. The number of carboxylic acid groups (broad SMARTS) is 1. The lowest BCUT2D eigenvalue weighted by atomic mass is 10.0. The Morgan fingerprint density at radius 1 is 1.38 bits per heavy atom. The third kappa shape index (κ3) is 5.98. The van der Waals surface area contributed by atoms with Gasteiger partial charge in [-0.25, -0.2) is 13.2 Å². The Morgan fingerprint density at radius 3 is 2.55 bits per heavy atom. The summed E-state index contributed by atoms with van der Waals surface area (Å²) in [5.74, 6) is -2.76. The molecule has 3 rings (SSSR count). The number of nitrogens with zero attached hydrogens (tertiary/aromatic N) is 2.